The van der Waals surface area contributed by atoms with Crippen molar-refractivity contribution in [2.75, 3.05) is 10.6 Å². The van der Waals surface area contributed by atoms with E-state index in [4.69, 9.17) is 0 Å². The van der Waals surface area contributed by atoms with Crippen LogP contribution in [0.3, 0.4) is 0 Å². The molecule has 7 nitrogen and oxygen atoms in total. The van der Waals surface area contributed by atoms with Gasteiger partial charge in [-0.15, -0.1) is 0 Å². The van der Waals surface area contributed by atoms with Gasteiger partial charge in [-0.05, 0) is 36.8 Å². The number of anilines is 2. The molecule has 0 saturated heterocycles. The zero-order valence-electron chi connectivity index (χ0n) is 15.2. The number of carbonyl (C=O) groups is 3. The van der Waals surface area contributed by atoms with E-state index >= 15 is 0 Å². The predicted molar refractivity (Wildman–Crippen MR) is 105 cm³/mol. The highest BCUT2D eigenvalue weighted by atomic mass is 16.2. The Hall–Kier alpha value is -3.74. The SMILES string of the molecule is CC(=O)c1ccc(NC(=O)C2CC(=O)Nc3c(-c4ccccc4)cnn32)cc1. The Morgan fingerprint density at radius 3 is 2.50 bits per heavy atom. The molecule has 3 aromatic rings. The number of hydrogen-bond acceptors (Lipinski definition) is 4. The smallest absolute Gasteiger partial charge is 0.249 e. The summed E-state index contributed by atoms with van der Waals surface area (Å²) in [5.41, 5.74) is 2.79. The van der Waals surface area contributed by atoms with Crippen molar-refractivity contribution in [1.82, 2.24) is 9.78 Å². The monoisotopic (exact) mass is 374 g/mol. The molecule has 0 saturated carbocycles. The molecule has 0 fully saturated rings. The molecule has 2 amide bonds. The van der Waals surface area contributed by atoms with Crippen molar-refractivity contribution >= 4 is 29.1 Å². The first-order valence-electron chi connectivity index (χ1n) is 8.87. The van der Waals surface area contributed by atoms with Crippen LogP contribution in [-0.4, -0.2) is 27.4 Å². The van der Waals surface area contributed by atoms with Crippen molar-refractivity contribution in [3.63, 3.8) is 0 Å². The minimum atomic E-state index is -0.756. The van der Waals surface area contributed by atoms with Gasteiger partial charge in [-0.1, -0.05) is 30.3 Å². The summed E-state index contributed by atoms with van der Waals surface area (Å²) in [4.78, 5) is 36.4. The number of ketones is 1. The number of amides is 2. The first kappa shape index (κ1) is 17.7. The first-order valence-corrected chi connectivity index (χ1v) is 8.87. The second-order valence-corrected chi connectivity index (χ2v) is 6.61. The van der Waals surface area contributed by atoms with Crippen LogP contribution in [0.25, 0.3) is 11.1 Å². The third-order valence-corrected chi connectivity index (χ3v) is 4.67. The van der Waals surface area contributed by atoms with Crippen LogP contribution in [0, 0.1) is 0 Å². The summed E-state index contributed by atoms with van der Waals surface area (Å²) < 4.78 is 1.54. The third kappa shape index (κ3) is 3.29. The van der Waals surface area contributed by atoms with E-state index in [1.165, 1.54) is 6.92 Å². The van der Waals surface area contributed by atoms with Gasteiger partial charge < -0.3 is 10.6 Å². The van der Waals surface area contributed by atoms with Gasteiger partial charge in [0.2, 0.25) is 11.8 Å². The highest BCUT2D eigenvalue weighted by Crippen LogP contribution is 2.34. The van der Waals surface area contributed by atoms with Crippen LogP contribution >= 0.6 is 0 Å². The van der Waals surface area contributed by atoms with Crippen LogP contribution in [0.15, 0.2) is 60.8 Å². The number of hydrogen-bond donors (Lipinski definition) is 2. The molecule has 2 aromatic carbocycles. The van der Waals surface area contributed by atoms with E-state index in [0.29, 0.717) is 17.1 Å². The predicted octanol–water partition coefficient (Wildman–Crippen LogP) is 3.27. The van der Waals surface area contributed by atoms with Gasteiger partial charge in [0.15, 0.2) is 5.78 Å². The summed E-state index contributed by atoms with van der Waals surface area (Å²) in [6.45, 7) is 1.48. The zero-order chi connectivity index (χ0) is 19.7. The number of aromatic nitrogens is 2. The number of Topliss-reactive ketones (excluding diaryl/α,β-unsaturated/α-hetero) is 1. The molecule has 1 aromatic heterocycles. The molecule has 28 heavy (non-hydrogen) atoms. The van der Waals surface area contributed by atoms with Gasteiger partial charge in [0.25, 0.3) is 0 Å². The quantitative estimate of drug-likeness (QED) is 0.686. The van der Waals surface area contributed by atoms with Crippen LogP contribution in [0.1, 0.15) is 29.7 Å². The number of fused-ring (bicyclic) bond motifs is 1. The van der Waals surface area contributed by atoms with E-state index in [2.05, 4.69) is 15.7 Å². The Bertz CT molecular complexity index is 1060. The molecular formula is C21H18N4O3. The Labute approximate surface area is 161 Å². The van der Waals surface area contributed by atoms with E-state index in [0.717, 1.165) is 11.1 Å². The Morgan fingerprint density at radius 2 is 1.82 bits per heavy atom. The largest absolute Gasteiger partial charge is 0.324 e. The van der Waals surface area contributed by atoms with Gasteiger partial charge in [0, 0.05) is 16.8 Å². The number of nitrogens with zero attached hydrogens (tertiary/aromatic N) is 2. The molecule has 0 bridgehead atoms. The standard InChI is InChI=1S/C21H18N4O3/c1-13(26)14-7-9-16(10-8-14)23-21(28)18-11-19(27)24-20-17(12-22-25(18)20)15-5-3-2-4-6-15/h2-10,12,18H,11H2,1H3,(H,23,28)(H,24,27). The molecule has 0 radical (unpaired) electrons. The van der Waals surface area contributed by atoms with Crippen molar-refractivity contribution in [2.45, 2.75) is 19.4 Å². The average molecular weight is 374 g/mol. The fourth-order valence-electron chi connectivity index (χ4n) is 3.21. The van der Waals surface area contributed by atoms with Gasteiger partial charge in [-0.2, -0.15) is 5.10 Å². The minimum absolute atomic E-state index is 0.000270. The molecule has 1 aliphatic heterocycles. The molecule has 4 rings (SSSR count). The molecule has 2 heterocycles. The van der Waals surface area contributed by atoms with E-state index in [1.807, 2.05) is 30.3 Å². The van der Waals surface area contributed by atoms with Crippen molar-refractivity contribution in [3.05, 3.63) is 66.4 Å². The molecule has 0 aliphatic carbocycles. The van der Waals surface area contributed by atoms with Crippen LogP contribution < -0.4 is 10.6 Å². The lowest BCUT2D eigenvalue weighted by Gasteiger charge is -2.24. The molecule has 1 atom stereocenters. The van der Waals surface area contributed by atoms with Crippen molar-refractivity contribution in [2.24, 2.45) is 0 Å². The lowest BCUT2D eigenvalue weighted by Crippen LogP contribution is -2.35. The summed E-state index contributed by atoms with van der Waals surface area (Å²) in [5.74, 6) is -0.113. The topological polar surface area (TPSA) is 93.1 Å². The fourth-order valence-corrected chi connectivity index (χ4v) is 3.21. The van der Waals surface area contributed by atoms with Crippen LogP contribution in [0.5, 0.6) is 0 Å². The summed E-state index contributed by atoms with van der Waals surface area (Å²) >= 11 is 0. The second-order valence-electron chi connectivity index (χ2n) is 6.61. The van der Waals surface area contributed by atoms with Gasteiger partial charge in [0.1, 0.15) is 11.9 Å². The van der Waals surface area contributed by atoms with Crippen LogP contribution in [0.2, 0.25) is 0 Å². The Morgan fingerprint density at radius 1 is 1.11 bits per heavy atom. The summed E-state index contributed by atoms with van der Waals surface area (Å²) in [5, 5.41) is 9.96. The van der Waals surface area contributed by atoms with Crippen molar-refractivity contribution in [3.8, 4) is 11.1 Å². The van der Waals surface area contributed by atoms with Gasteiger partial charge in [0.05, 0.1) is 12.6 Å². The average Bonchev–Trinajstić information content (AvgIpc) is 3.12. The van der Waals surface area contributed by atoms with Gasteiger partial charge >= 0.3 is 0 Å². The number of nitrogens with one attached hydrogen (secondary N) is 2. The van der Waals surface area contributed by atoms with Crippen LogP contribution in [0.4, 0.5) is 11.5 Å². The Balaban J connectivity index is 1.61. The summed E-state index contributed by atoms with van der Waals surface area (Å²) in [7, 11) is 0. The van der Waals surface area contributed by atoms with Crippen LogP contribution in [-0.2, 0) is 9.59 Å². The molecule has 1 aliphatic rings. The van der Waals surface area contributed by atoms with E-state index < -0.39 is 6.04 Å². The molecule has 140 valence electrons. The minimum Gasteiger partial charge on any atom is -0.324 e. The maximum absolute atomic E-state index is 12.8. The summed E-state index contributed by atoms with van der Waals surface area (Å²) in [6, 6.07) is 15.4. The zero-order valence-corrected chi connectivity index (χ0v) is 15.2. The first-order chi connectivity index (χ1) is 13.5. The van der Waals surface area contributed by atoms with E-state index in [-0.39, 0.29) is 24.0 Å². The molecule has 2 N–H and O–H groups in total. The second kappa shape index (κ2) is 7.11. The summed E-state index contributed by atoms with van der Waals surface area (Å²) in [6.07, 6.45) is 1.65. The number of benzene rings is 2. The molecular weight excluding hydrogens is 356 g/mol. The molecule has 0 spiro atoms. The normalized spacial score (nSPS) is 15.5. The van der Waals surface area contributed by atoms with E-state index in [9.17, 15) is 14.4 Å². The lowest BCUT2D eigenvalue weighted by atomic mass is 10.1. The molecule has 7 heteroatoms. The fraction of sp³-hybridized carbons (Fsp3) is 0.143. The maximum atomic E-state index is 12.8. The highest BCUT2D eigenvalue weighted by molar-refractivity contribution is 6.03. The number of rotatable bonds is 4. The van der Waals surface area contributed by atoms with Crippen molar-refractivity contribution in [1.29, 1.82) is 0 Å². The highest BCUT2D eigenvalue weighted by Gasteiger charge is 2.33. The van der Waals surface area contributed by atoms with Gasteiger partial charge in [-0.25, -0.2) is 4.68 Å². The third-order valence-electron chi connectivity index (χ3n) is 4.67. The van der Waals surface area contributed by atoms with Crippen molar-refractivity contribution < 1.29 is 14.4 Å². The molecule has 1 unspecified atom stereocenters. The van der Waals surface area contributed by atoms with E-state index in [1.54, 1.807) is 35.1 Å². The van der Waals surface area contributed by atoms with Gasteiger partial charge in [-0.3, -0.25) is 14.4 Å². The Kier molecular flexibility index (Phi) is 4.49. The number of carbonyl (C=O) groups excluding carboxylic acids is 3. The lowest BCUT2D eigenvalue weighted by molar-refractivity contribution is -0.125. The maximum Gasteiger partial charge on any atom is 0.249 e.